The van der Waals surface area contributed by atoms with Crippen LogP contribution in [0.1, 0.15) is 18.1 Å². The van der Waals surface area contributed by atoms with Crippen molar-refractivity contribution in [1.82, 2.24) is 5.32 Å². The molecule has 5 nitrogen and oxygen atoms in total. The van der Waals surface area contributed by atoms with E-state index >= 15 is 0 Å². The summed E-state index contributed by atoms with van der Waals surface area (Å²) in [4.78, 5) is 0. The van der Waals surface area contributed by atoms with Gasteiger partial charge in [0.25, 0.3) is 0 Å². The van der Waals surface area contributed by atoms with Gasteiger partial charge in [-0.2, -0.15) is 0 Å². The summed E-state index contributed by atoms with van der Waals surface area (Å²) < 4.78 is 21.7. The molecule has 140 valence electrons. The molecule has 0 amide bonds. The van der Waals surface area contributed by atoms with Crippen LogP contribution in [0.2, 0.25) is 0 Å². The van der Waals surface area contributed by atoms with Crippen molar-refractivity contribution in [3.05, 3.63) is 59.7 Å². The number of hydrogen-bond acceptors (Lipinski definition) is 5. The van der Waals surface area contributed by atoms with Crippen LogP contribution in [-0.4, -0.2) is 27.9 Å². The van der Waals surface area contributed by atoms with Crippen molar-refractivity contribution >= 4 is 0 Å². The number of ether oxygens (including phenoxy) is 4. The van der Waals surface area contributed by atoms with Crippen molar-refractivity contribution in [1.29, 1.82) is 0 Å². The Morgan fingerprint density at radius 2 is 1.31 bits per heavy atom. The molecule has 0 aliphatic heterocycles. The Morgan fingerprint density at radius 3 is 1.81 bits per heavy atom. The van der Waals surface area contributed by atoms with Crippen LogP contribution in [0.3, 0.4) is 0 Å². The minimum Gasteiger partial charge on any atom is -0.493 e. The Morgan fingerprint density at radius 1 is 0.808 bits per heavy atom. The molecule has 26 heavy (non-hydrogen) atoms. The van der Waals surface area contributed by atoms with Crippen LogP contribution in [0.4, 0.5) is 0 Å². The van der Waals surface area contributed by atoms with Gasteiger partial charge in [-0.05, 0) is 47.9 Å². The summed E-state index contributed by atoms with van der Waals surface area (Å²) in [5.74, 6) is 2.90. The second-order valence-electron chi connectivity index (χ2n) is 6.02. The van der Waals surface area contributed by atoms with Gasteiger partial charge < -0.3 is 24.3 Å². The first-order valence-corrected chi connectivity index (χ1v) is 8.43. The van der Waals surface area contributed by atoms with E-state index in [1.807, 2.05) is 43.3 Å². The second-order valence-corrected chi connectivity index (χ2v) is 6.02. The highest BCUT2D eigenvalue weighted by Gasteiger charge is 2.07. The van der Waals surface area contributed by atoms with Crippen LogP contribution in [-0.2, 0) is 13.1 Å². The highest BCUT2D eigenvalue weighted by atomic mass is 16.5. The monoisotopic (exact) mass is 357 g/mol. The second kappa shape index (κ2) is 9.73. The maximum absolute atomic E-state index is 5.77. The molecule has 2 aromatic carbocycles. The molecule has 0 saturated heterocycles. The molecule has 0 aromatic heterocycles. The van der Waals surface area contributed by atoms with Crippen LogP contribution in [0, 0.1) is 0 Å². The molecule has 0 spiro atoms. The van der Waals surface area contributed by atoms with Crippen LogP contribution < -0.4 is 24.3 Å². The molecule has 0 aliphatic rings. The van der Waals surface area contributed by atoms with Crippen molar-refractivity contribution in [2.75, 3.05) is 27.9 Å². The van der Waals surface area contributed by atoms with Gasteiger partial charge in [0.15, 0.2) is 23.0 Å². The van der Waals surface area contributed by atoms with E-state index in [1.54, 1.807) is 21.3 Å². The summed E-state index contributed by atoms with van der Waals surface area (Å²) in [7, 11) is 4.91. The summed E-state index contributed by atoms with van der Waals surface area (Å²) in [6.45, 7) is 7.69. The van der Waals surface area contributed by atoms with Crippen molar-refractivity contribution in [2.24, 2.45) is 0 Å². The average molecular weight is 357 g/mol. The van der Waals surface area contributed by atoms with Crippen LogP contribution >= 0.6 is 0 Å². The molecule has 0 bridgehead atoms. The zero-order valence-electron chi connectivity index (χ0n) is 15.9. The van der Waals surface area contributed by atoms with Gasteiger partial charge in [-0.25, -0.2) is 0 Å². The quantitative estimate of drug-likeness (QED) is 0.652. The van der Waals surface area contributed by atoms with Gasteiger partial charge >= 0.3 is 0 Å². The Balaban J connectivity index is 1.98. The maximum Gasteiger partial charge on any atom is 0.161 e. The lowest BCUT2D eigenvalue weighted by Crippen LogP contribution is -2.13. The summed E-state index contributed by atoms with van der Waals surface area (Å²) in [5, 5.41) is 3.43. The lowest BCUT2D eigenvalue weighted by Gasteiger charge is -2.13. The van der Waals surface area contributed by atoms with Gasteiger partial charge in [0, 0.05) is 13.1 Å². The molecule has 5 heteroatoms. The van der Waals surface area contributed by atoms with Gasteiger partial charge in [0.1, 0.15) is 6.61 Å². The molecule has 2 aromatic rings. The van der Waals surface area contributed by atoms with E-state index in [-0.39, 0.29) is 0 Å². The summed E-state index contributed by atoms with van der Waals surface area (Å²) in [6, 6.07) is 11.8. The van der Waals surface area contributed by atoms with Gasteiger partial charge in [-0.1, -0.05) is 18.7 Å². The molecule has 0 saturated carbocycles. The maximum atomic E-state index is 5.77. The predicted molar refractivity (Wildman–Crippen MR) is 103 cm³/mol. The van der Waals surface area contributed by atoms with Gasteiger partial charge in [-0.15, -0.1) is 0 Å². The third-order valence-corrected chi connectivity index (χ3v) is 3.81. The zero-order chi connectivity index (χ0) is 18.9. The van der Waals surface area contributed by atoms with Crippen LogP contribution in [0.5, 0.6) is 23.0 Å². The Labute approximate surface area is 155 Å². The van der Waals surface area contributed by atoms with E-state index < -0.39 is 0 Å². The minimum atomic E-state index is 0.471. The summed E-state index contributed by atoms with van der Waals surface area (Å²) >= 11 is 0. The van der Waals surface area contributed by atoms with Crippen molar-refractivity contribution < 1.29 is 18.9 Å². The molecule has 0 unspecified atom stereocenters. The molecule has 0 fully saturated rings. The number of methoxy groups -OCH3 is 3. The van der Waals surface area contributed by atoms with Crippen LogP contribution in [0.25, 0.3) is 0 Å². The lowest BCUT2D eigenvalue weighted by molar-refractivity contribution is 0.319. The van der Waals surface area contributed by atoms with E-state index in [1.165, 1.54) is 0 Å². The molecule has 0 radical (unpaired) electrons. The van der Waals surface area contributed by atoms with E-state index in [9.17, 15) is 0 Å². The van der Waals surface area contributed by atoms with E-state index in [4.69, 9.17) is 18.9 Å². The molecule has 1 N–H and O–H groups in total. The number of nitrogens with one attached hydrogen (secondary N) is 1. The highest BCUT2D eigenvalue weighted by molar-refractivity contribution is 5.44. The zero-order valence-corrected chi connectivity index (χ0v) is 15.9. The van der Waals surface area contributed by atoms with Gasteiger partial charge in [0.05, 0.1) is 21.3 Å². The molecule has 0 heterocycles. The first-order chi connectivity index (χ1) is 12.6. The van der Waals surface area contributed by atoms with E-state index in [0.29, 0.717) is 19.7 Å². The lowest BCUT2D eigenvalue weighted by atomic mass is 10.1. The van der Waals surface area contributed by atoms with Gasteiger partial charge in [0.2, 0.25) is 0 Å². The smallest absolute Gasteiger partial charge is 0.161 e. The fourth-order valence-electron chi connectivity index (χ4n) is 2.49. The summed E-state index contributed by atoms with van der Waals surface area (Å²) in [6.07, 6.45) is 0. The fourth-order valence-corrected chi connectivity index (χ4v) is 2.49. The molecular weight excluding hydrogens is 330 g/mol. The third-order valence-electron chi connectivity index (χ3n) is 3.81. The Bertz CT molecular complexity index is 743. The highest BCUT2D eigenvalue weighted by Crippen LogP contribution is 2.29. The van der Waals surface area contributed by atoms with Crippen molar-refractivity contribution in [3.8, 4) is 23.0 Å². The van der Waals surface area contributed by atoms with Gasteiger partial charge in [-0.3, -0.25) is 0 Å². The van der Waals surface area contributed by atoms with Crippen LogP contribution in [0.15, 0.2) is 48.6 Å². The third kappa shape index (κ3) is 5.43. The molecule has 0 atom stereocenters. The standard InChI is InChI=1S/C21H27NO4/c1-15(2)14-26-21-11-17(7-9-19(21)24-4)13-22-12-16-6-8-18(23-3)20(10-16)25-5/h6-11,22H,1,12-14H2,2-5H3. The topological polar surface area (TPSA) is 49.0 Å². The van der Waals surface area contributed by atoms with Crippen molar-refractivity contribution in [2.45, 2.75) is 20.0 Å². The minimum absolute atomic E-state index is 0.471. The van der Waals surface area contributed by atoms with E-state index in [0.717, 1.165) is 39.7 Å². The molecule has 2 rings (SSSR count). The van der Waals surface area contributed by atoms with Crippen molar-refractivity contribution in [3.63, 3.8) is 0 Å². The molecule has 0 aliphatic carbocycles. The largest absolute Gasteiger partial charge is 0.493 e. The van der Waals surface area contributed by atoms with E-state index in [2.05, 4.69) is 11.9 Å². The normalized spacial score (nSPS) is 10.3. The Kier molecular flexibility index (Phi) is 7.36. The fraction of sp³-hybridized carbons (Fsp3) is 0.333. The number of benzene rings is 2. The first-order valence-electron chi connectivity index (χ1n) is 8.43. The number of rotatable bonds is 10. The first kappa shape index (κ1) is 19.7. The predicted octanol–water partition coefficient (Wildman–Crippen LogP) is 3.96. The number of hydrogen-bond donors (Lipinski definition) is 1. The summed E-state index contributed by atoms with van der Waals surface area (Å²) in [5.41, 5.74) is 3.20. The average Bonchev–Trinajstić information content (AvgIpc) is 2.66. The Hall–Kier alpha value is -2.66. The SMILES string of the molecule is C=C(C)COc1cc(CNCc2ccc(OC)c(OC)c2)ccc1OC. The molecular formula is C21H27NO4.